The zero-order valence-corrected chi connectivity index (χ0v) is 17.4. The number of aryl methyl sites for hydroxylation is 3. The Morgan fingerprint density at radius 3 is 2.48 bits per heavy atom. The molecule has 1 amide bonds. The molecule has 0 unspecified atom stereocenters. The Balaban J connectivity index is 1.73. The molecule has 0 radical (unpaired) electrons. The molecule has 2 aromatic carbocycles. The summed E-state index contributed by atoms with van der Waals surface area (Å²) < 4.78 is 1.82. The summed E-state index contributed by atoms with van der Waals surface area (Å²) in [5.74, 6) is 0.736. The maximum Gasteiger partial charge on any atom is 0.261 e. The first kappa shape index (κ1) is 19.4. The summed E-state index contributed by atoms with van der Waals surface area (Å²) in [6, 6.07) is 11.3. The Hall–Kier alpha value is -2.95. The van der Waals surface area contributed by atoms with Crippen LogP contribution in [-0.4, -0.2) is 22.5 Å². The van der Waals surface area contributed by atoms with E-state index in [1.807, 2.05) is 30.5 Å². The van der Waals surface area contributed by atoms with E-state index in [2.05, 4.69) is 6.07 Å². The highest BCUT2D eigenvalue weighted by molar-refractivity contribution is 6.07. The van der Waals surface area contributed by atoms with Crippen molar-refractivity contribution < 1.29 is 4.79 Å². The first-order chi connectivity index (χ1) is 13.9. The number of benzene rings is 2. The molecule has 0 spiro atoms. The maximum absolute atomic E-state index is 13.1. The lowest BCUT2D eigenvalue weighted by atomic mass is 10.1. The van der Waals surface area contributed by atoms with Crippen LogP contribution >= 0.6 is 0 Å². The van der Waals surface area contributed by atoms with E-state index in [9.17, 15) is 9.59 Å². The summed E-state index contributed by atoms with van der Waals surface area (Å²) in [5, 5.41) is 0.583. The minimum atomic E-state index is -0.106. The van der Waals surface area contributed by atoms with Crippen LogP contribution in [0.4, 0.5) is 5.69 Å². The third-order valence-corrected chi connectivity index (χ3v) is 5.71. The van der Waals surface area contributed by atoms with Crippen LogP contribution in [0.15, 0.2) is 41.2 Å². The molecule has 0 saturated heterocycles. The van der Waals surface area contributed by atoms with E-state index < -0.39 is 0 Å². The number of hydrogen-bond donors (Lipinski definition) is 0. The number of carbonyl (C=O) groups excluding carboxylic acids is 1. The predicted octanol–water partition coefficient (Wildman–Crippen LogP) is 4.41. The predicted molar refractivity (Wildman–Crippen MR) is 117 cm³/mol. The lowest BCUT2D eigenvalue weighted by molar-refractivity contribution is 0.0993. The van der Waals surface area contributed by atoms with E-state index in [4.69, 9.17) is 4.98 Å². The molecule has 0 bridgehead atoms. The summed E-state index contributed by atoms with van der Waals surface area (Å²) >= 11 is 0. The quantitative estimate of drug-likeness (QED) is 0.652. The average molecular weight is 389 g/mol. The fourth-order valence-corrected chi connectivity index (χ4v) is 4.18. The molecule has 0 aliphatic carbocycles. The van der Waals surface area contributed by atoms with Crippen LogP contribution in [0.2, 0.25) is 0 Å². The number of carbonyl (C=O) groups is 1. The van der Waals surface area contributed by atoms with Gasteiger partial charge in [0.1, 0.15) is 5.82 Å². The van der Waals surface area contributed by atoms with Crippen molar-refractivity contribution in [2.75, 3.05) is 11.9 Å². The summed E-state index contributed by atoms with van der Waals surface area (Å²) in [6.07, 6.45) is 5.20. The summed E-state index contributed by atoms with van der Waals surface area (Å²) in [6.45, 7) is 4.78. The lowest BCUT2D eigenvalue weighted by Gasteiger charge is -2.19. The van der Waals surface area contributed by atoms with Crippen molar-refractivity contribution in [3.63, 3.8) is 0 Å². The zero-order chi connectivity index (χ0) is 20.5. The average Bonchev–Trinajstić information content (AvgIpc) is 2.67. The van der Waals surface area contributed by atoms with Crippen LogP contribution in [0, 0.1) is 13.8 Å². The second kappa shape index (κ2) is 7.82. The number of hydrogen-bond acceptors (Lipinski definition) is 3. The molecule has 2 heterocycles. The van der Waals surface area contributed by atoms with Crippen LogP contribution in [0.5, 0.6) is 0 Å². The number of fused-ring (bicyclic) bond motifs is 2. The number of rotatable bonds is 2. The summed E-state index contributed by atoms with van der Waals surface area (Å²) in [7, 11) is 1.78. The highest BCUT2D eigenvalue weighted by Gasteiger charge is 2.18. The van der Waals surface area contributed by atoms with Crippen LogP contribution in [0.25, 0.3) is 10.9 Å². The Bertz CT molecular complexity index is 1130. The molecule has 5 nitrogen and oxygen atoms in total. The molecule has 3 aromatic rings. The molecular formula is C24H27N3O2. The van der Waals surface area contributed by atoms with Gasteiger partial charge in [-0.05, 0) is 68.1 Å². The SMILES string of the molecule is Cc1cc(C)cc(N(C)C(=O)c2ccc3c(=O)n4c(nc3c2)CCCCCC4)c1. The van der Waals surface area contributed by atoms with Crippen molar-refractivity contribution in [2.24, 2.45) is 0 Å². The Morgan fingerprint density at radius 1 is 1.00 bits per heavy atom. The van der Waals surface area contributed by atoms with Gasteiger partial charge in [-0.1, -0.05) is 18.9 Å². The molecule has 29 heavy (non-hydrogen) atoms. The van der Waals surface area contributed by atoms with Crippen molar-refractivity contribution in [2.45, 2.75) is 52.5 Å². The van der Waals surface area contributed by atoms with Gasteiger partial charge >= 0.3 is 0 Å². The molecule has 0 atom stereocenters. The van der Waals surface area contributed by atoms with Gasteiger partial charge in [-0.15, -0.1) is 0 Å². The third-order valence-electron chi connectivity index (χ3n) is 5.71. The Labute approximate surface area is 171 Å². The van der Waals surface area contributed by atoms with Crippen LogP contribution in [0.3, 0.4) is 0 Å². The molecular weight excluding hydrogens is 362 g/mol. The molecule has 0 fully saturated rings. The van der Waals surface area contributed by atoms with Gasteiger partial charge in [-0.2, -0.15) is 0 Å². The van der Waals surface area contributed by atoms with Crippen molar-refractivity contribution in [3.05, 3.63) is 69.3 Å². The topological polar surface area (TPSA) is 55.2 Å². The number of anilines is 1. The van der Waals surface area contributed by atoms with E-state index >= 15 is 0 Å². The fraction of sp³-hybridized carbons (Fsp3) is 0.375. The van der Waals surface area contributed by atoms with Crippen LogP contribution < -0.4 is 10.5 Å². The van der Waals surface area contributed by atoms with E-state index in [0.717, 1.165) is 54.9 Å². The van der Waals surface area contributed by atoms with Gasteiger partial charge in [-0.25, -0.2) is 4.98 Å². The third kappa shape index (κ3) is 3.82. The van der Waals surface area contributed by atoms with Crippen molar-refractivity contribution in [1.29, 1.82) is 0 Å². The number of amides is 1. The molecule has 5 heteroatoms. The molecule has 4 rings (SSSR count). The van der Waals surface area contributed by atoms with Gasteiger partial charge in [-0.3, -0.25) is 14.2 Å². The van der Waals surface area contributed by atoms with Crippen molar-refractivity contribution >= 4 is 22.5 Å². The zero-order valence-electron chi connectivity index (χ0n) is 17.4. The van der Waals surface area contributed by atoms with Gasteiger partial charge in [0, 0.05) is 31.3 Å². The minimum absolute atomic E-state index is 0.00793. The normalized spacial score (nSPS) is 14.2. The van der Waals surface area contributed by atoms with Gasteiger partial charge in [0.05, 0.1) is 10.9 Å². The van der Waals surface area contributed by atoms with E-state index in [1.54, 1.807) is 30.1 Å². The number of nitrogens with zero attached hydrogens (tertiary/aromatic N) is 3. The van der Waals surface area contributed by atoms with Gasteiger partial charge < -0.3 is 4.90 Å². The number of aromatic nitrogens is 2. The molecule has 1 aromatic heterocycles. The maximum atomic E-state index is 13.1. The Morgan fingerprint density at radius 2 is 1.72 bits per heavy atom. The standard InChI is InChI=1S/C24H27N3O2/c1-16-12-17(2)14-19(13-16)26(3)23(28)18-9-10-20-21(15-18)25-22-8-6-4-5-7-11-27(22)24(20)29/h9-10,12-15H,4-8,11H2,1-3H3. The largest absolute Gasteiger partial charge is 0.311 e. The smallest absolute Gasteiger partial charge is 0.261 e. The molecule has 0 saturated carbocycles. The first-order valence-corrected chi connectivity index (χ1v) is 10.3. The highest BCUT2D eigenvalue weighted by Crippen LogP contribution is 2.21. The van der Waals surface area contributed by atoms with E-state index in [0.29, 0.717) is 16.5 Å². The van der Waals surface area contributed by atoms with Crippen LogP contribution in [-0.2, 0) is 13.0 Å². The lowest BCUT2D eigenvalue weighted by Crippen LogP contribution is -2.28. The minimum Gasteiger partial charge on any atom is -0.311 e. The van der Waals surface area contributed by atoms with Crippen molar-refractivity contribution in [1.82, 2.24) is 9.55 Å². The van der Waals surface area contributed by atoms with Gasteiger partial charge in [0.15, 0.2) is 0 Å². The van der Waals surface area contributed by atoms with Gasteiger partial charge in [0.2, 0.25) is 0 Å². The molecule has 1 aliphatic heterocycles. The second-order valence-corrected chi connectivity index (χ2v) is 8.09. The second-order valence-electron chi connectivity index (χ2n) is 8.09. The van der Waals surface area contributed by atoms with Crippen molar-refractivity contribution in [3.8, 4) is 0 Å². The Kier molecular flexibility index (Phi) is 5.22. The fourth-order valence-electron chi connectivity index (χ4n) is 4.18. The van der Waals surface area contributed by atoms with E-state index in [1.165, 1.54) is 6.42 Å². The van der Waals surface area contributed by atoms with Gasteiger partial charge in [0.25, 0.3) is 11.5 Å². The molecule has 0 N–H and O–H groups in total. The first-order valence-electron chi connectivity index (χ1n) is 10.3. The highest BCUT2D eigenvalue weighted by atomic mass is 16.2. The van der Waals surface area contributed by atoms with Crippen LogP contribution in [0.1, 0.15) is 53.0 Å². The van der Waals surface area contributed by atoms with E-state index in [-0.39, 0.29) is 11.5 Å². The summed E-state index contributed by atoms with van der Waals surface area (Å²) in [4.78, 5) is 32.5. The monoisotopic (exact) mass is 389 g/mol. The molecule has 150 valence electrons. The molecule has 1 aliphatic rings. The summed E-state index contributed by atoms with van der Waals surface area (Å²) in [5.41, 5.74) is 4.26.